The molecule has 0 spiro atoms. The third-order valence-corrected chi connectivity index (χ3v) is 2.28. The van der Waals surface area contributed by atoms with E-state index in [1.54, 1.807) is 13.1 Å². The molecule has 2 aromatic rings. The number of nitriles is 1. The van der Waals surface area contributed by atoms with Gasteiger partial charge in [-0.2, -0.15) is 5.26 Å². The summed E-state index contributed by atoms with van der Waals surface area (Å²) in [6.45, 7) is 0. The molecule has 0 fully saturated rings. The Balaban J connectivity index is 2.26. The Bertz CT molecular complexity index is 606. The van der Waals surface area contributed by atoms with Crippen LogP contribution in [0.4, 0.5) is 21.7 Å². The summed E-state index contributed by atoms with van der Waals surface area (Å²) in [4.78, 5) is 7.92. The van der Waals surface area contributed by atoms with E-state index in [1.165, 1.54) is 24.5 Å². The quantitative estimate of drug-likeness (QED) is 0.865. The molecule has 0 amide bonds. The van der Waals surface area contributed by atoms with Gasteiger partial charge in [-0.1, -0.05) is 0 Å². The van der Waals surface area contributed by atoms with Crippen molar-refractivity contribution in [3.63, 3.8) is 0 Å². The van der Waals surface area contributed by atoms with Gasteiger partial charge in [0.1, 0.15) is 23.8 Å². The summed E-state index contributed by atoms with van der Waals surface area (Å²) in [5.74, 6) is 0.596. The number of nitrogens with zero attached hydrogens (tertiary/aromatic N) is 3. The molecule has 18 heavy (non-hydrogen) atoms. The highest BCUT2D eigenvalue weighted by Gasteiger charge is 2.05. The SMILES string of the molecule is CNc1cc(Nc2ccc(C#N)cc2F)ncn1. The average molecular weight is 243 g/mol. The van der Waals surface area contributed by atoms with Gasteiger partial charge in [-0.3, -0.25) is 0 Å². The van der Waals surface area contributed by atoms with E-state index >= 15 is 0 Å². The molecule has 0 bridgehead atoms. The zero-order chi connectivity index (χ0) is 13.0. The van der Waals surface area contributed by atoms with Gasteiger partial charge in [-0.25, -0.2) is 14.4 Å². The van der Waals surface area contributed by atoms with Gasteiger partial charge in [0.25, 0.3) is 0 Å². The Morgan fingerprint density at radius 3 is 2.67 bits per heavy atom. The van der Waals surface area contributed by atoms with Crippen molar-refractivity contribution in [2.75, 3.05) is 17.7 Å². The van der Waals surface area contributed by atoms with Crippen LogP contribution in [0.2, 0.25) is 0 Å². The molecule has 1 aromatic heterocycles. The molecule has 5 nitrogen and oxygen atoms in total. The first-order valence-corrected chi connectivity index (χ1v) is 5.19. The van der Waals surface area contributed by atoms with Crippen molar-refractivity contribution in [2.24, 2.45) is 0 Å². The predicted molar refractivity (Wildman–Crippen MR) is 66.0 cm³/mol. The lowest BCUT2D eigenvalue weighted by molar-refractivity contribution is 0.631. The number of halogens is 1. The topological polar surface area (TPSA) is 73.6 Å². The maximum absolute atomic E-state index is 13.6. The lowest BCUT2D eigenvalue weighted by Gasteiger charge is -2.07. The molecule has 0 radical (unpaired) electrons. The molecular formula is C12H10FN5. The van der Waals surface area contributed by atoms with Gasteiger partial charge in [-0.15, -0.1) is 0 Å². The highest BCUT2D eigenvalue weighted by Crippen LogP contribution is 2.20. The van der Waals surface area contributed by atoms with Gasteiger partial charge in [-0.05, 0) is 18.2 Å². The third kappa shape index (κ3) is 2.52. The van der Waals surface area contributed by atoms with Crippen LogP contribution in [0.15, 0.2) is 30.6 Å². The van der Waals surface area contributed by atoms with Crippen molar-refractivity contribution in [3.8, 4) is 6.07 Å². The first kappa shape index (κ1) is 11.8. The third-order valence-electron chi connectivity index (χ3n) is 2.28. The number of aromatic nitrogens is 2. The second-order valence-corrected chi connectivity index (χ2v) is 3.47. The van der Waals surface area contributed by atoms with Crippen LogP contribution < -0.4 is 10.6 Å². The van der Waals surface area contributed by atoms with Gasteiger partial charge in [0.05, 0.1) is 17.3 Å². The molecule has 2 N–H and O–H groups in total. The summed E-state index contributed by atoms with van der Waals surface area (Å²) < 4.78 is 13.6. The van der Waals surface area contributed by atoms with Crippen LogP contribution >= 0.6 is 0 Å². The van der Waals surface area contributed by atoms with Gasteiger partial charge in [0.2, 0.25) is 0 Å². The van der Waals surface area contributed by atoms with Gasteiger partial charge >= 0.3 is 0 Å². The molecule has 0 aliphatic heterocycles. The summed E-state index contributed by atoms with van der Waals surface area (Å²) in [5.41, 5.74) is 0.534. The highest BCUT2D eigenvalue weighted by atomic mass is 19.1. The maximum atomic E-state index is 13.6. The minimum absolute atomic E-state index is 0.259. The lowest BCUT2D eigenvalue weighted by atomic mass is 10.2. The second kappa shape index (κ2) is 5.10. The zero-order valence-electron chi connectivity index (χ0n) is 9.61. The fraction of sp³-hybridized carbons (Fsp3) is 0.0833. The molecule has 0 saturated carbocycles. The van der Waals surface area contributed by atoms with Crippen molar-refractivity contribution in [3.05, 3.63) is 42.0 Å². The molecule has 0 aliphatic carbocycles. The fourth-order valence-electron chi connectivity index (χ4n) is 1.39. The summed E-state index contributed by atoms with van der Waals surface area (Å²) in [6, 6.07) is 7.72. The largest absolute Gasteiger partial charge is 0.373 e. The van der Waals surface area contributed by atoms with Gasteiger partial charge in [0.15, 0.2) is 0 Å². The fourth-order valence-corrected chi connectivity index (χ4v) is 1.39. The number of nitrogens with one attached hydrogen (secondary N) is 2. The second-order valence-electron chi connectivity index (χ2n) is 3.47. The van der Waals surface area contributed by atoms with E-state index in [0.717, 1.165) is 0 Å². The zero-order valence-corrected chi connectivity index (χ0v) is 9.61. The van der Waals surface area contributed by atoms with Crippen LogP contribution in [0, 0.1) is 17.1 Å². The Labute approximate surface area is 103 Å². The molecule has 90 valence electrons. The summed E-state index contributed by atoms with van der Waals surface area (Å²) in [5, 5.41) is 14.3. The predicted octanol–water partition coefficient (Wildman–Crippen LogP) is 2.27. The summed E-state index contributed by atoms with van der Waals surface area (Å²) in [6.07, 6.45) is 1.37. The summed E-state index contributed by atoms with van der Waals surface area (Å²) in [7, 11) is 1.73. The highest BCUT2D eigenvalue weighted by molar-refractivity contribution is 5.60. The molecular weight excluding hydrogens is 233 g/mol. The smallest absolute Gasteiger partial charge is 0.147 e. The van der Waals surface area contributed by atoms with Gasteiger partial charge in [0, 0.05) is 13.1 Å². The number of anilines is 3. The Hall–Kier alpha value is -2.68. The standard InChI is InChI=1S/C12H10FN5/c1-15-11-5-12(17-7-16-11)18-10-3-2-8(6-14)4-9(10)13/h2-5,7H,1H3,(H2,15,16,17,18). The van der Waals surface area contributed by atoms with Crippen LogP contribution in [0.5, 0.6) is 0 Å². The molecule has 0 aliphatic rings. The minimum atomic E-state index is -0.501. The van der Waals surface area contributed by atoms with Crippen LogP contribution in [0.1, 0.15) is 5.56 Å². The Kier molecular flexibility index (Phi) is 3.34. The molecule has 0 unspecified atom stereocenters. The van der Waals surface area contributed by atoms with Crippen molar-refractivity contribution in [2.45, 2.75) is 0 Å². The number of rotatable bonds is 3. The van der Waals surface area contributed by atoms with E-state index < -0.39 is 5.82 Å². The molecule has 0 atom stereocenters. The number of hydrogen-bond acceptors (Lipinski definition) is 5. The Morgan fingerprint density at radius 2 is 2.00 bits per heavy atom. The van der Waals surface area contributed by atoms with E-state index in [2.05, 4.69) is 20.6 Å². The van der Waals surface area contributed by atoms with Crippen molar-refractivity contribution in [1.29, 1.82) is 5.26 Å². The molecule has 1 aromatic carbocycles. The average Bonchev–Trinajstić information content (AvgIpc) is 2.41. The van der Waals surface area contributed by atoms with Gasteiger partial charge < -0.3 is 10.6 Å². The molecule has 6 heteroatoms. The molecule has 0 saturated heterocycles. The van der Waals surface area contributed by atoms with E-state index in [9.17, 15) is 4.39 Å². The van der Waals surface area contributed by atoms with Crippen molar-refractivity contribution >= 4 is 17.3 Å². The lowest BCUT2D eigenvalue weighted by Crippen LogP contribution is -1.99. The number of benzene rings is 1. The van der Waals surface area contributed by atoms with E-state index in [1.807, 2.05) is 6.07 Å². The molecule has 2 rings (SSSR count). The Morgan fingerprint density at radius 1 is 1.22 bits per heavy atom. The summed E-state index contributed by atoms with van der Waals surface area (Å²) >= 11 is 0. The van der Waals surface area contributed by atoms with Crippen LogP contribution in [0.3, 0.4) is 0 Å². The maximum Gasteiger partial charge on any atom is 0.147 e. The van der Waals surface area contributed by atoms with Crippen LogP contribution in [0.25, 0.3) is 0 Å². The minimum Gasteiger partial charge on any atom is -0.373 e. The van der Waals surface area contributed by atoms with E-state index in [-0.39, 0.29) is 11.3 Å². The molecule has 1 heterocycles. The van der Waals surface area contributed by atoms with Crippen molar-refractivity contribution in [1.82, 2.24) is 9.97 Å². The monoisotopic (exact) mass is 243 g/mol. The van der Waals surface area contributed by atoms with E-state index in [0.29, 0.717) is 11.6 Å². The van der Waals surface area contributed by atoms with Crippen LogP contribution in [-0.2, 0) is 0 Å². The first-order chi connectivity index (χ1) is 8.72. The first-order valence-electron chi connectivity index (χ1n) is 5.19. The van der Waals surface area contributed by atoms with Crippen molar-refractivity contribution < 1.29 is 4.39 Å². The van der Waals surface area contributed by atoms with E-state index in [4.69, 9.17) is 5.26 Å². The van der Waals surface area contributed by atoms with Crippen LogP contribution in [-0.4, -0.2) is 17.0 Å². The number of hydrogen-bond donors (Lipinski definition) is 2. The normalized spacial score (nSPS) is 9.61.